The minimum absolute atomic E-state index is 0.432. The van der Waals surface area contributed by atoms with Crippen molar-refractivity contribution in [3.8, 4) is 0 Å². The Kier molecular flexibility index (Phi) is 2.11. The Morgan fingerprint density at radius 1 is 1.30 bits per heavy atom. The molecule has 0 unspecified atom stereocenters. The molecule has 0 aromatic heterocycles. The molecule has 60 valence electrons. The van der Waals surface area contributed by atoms with Crippen molar-refractivity contribution < 1.29 is 15.6 Å². The number of rotatable bonds is 2. The fourth-order valence-corrected chi connectivity index (χ4v) is 0.289. The predicted octanol–water partition coefficient (Wildman–Crippen LogP) is 0.118. The van der Waals surface area contributed by atoms with Crippen molar-refractivity contribution in [3.63, 3.8) is 0 Å². The van der Waals surface area contributed by atoms with Crippen LogP contribution in [0.15, 0.2) is 0 Å². The fourth-order valence-electron chi connectivity index (χ4n) is 0.289. The van der Waals surface area contributed by atoms with Gasteiger partial charge in [-0.25, -0.2) is 0 Å². The Hall–Kier alpha value is -0.570. The number of carboxylic acid groups (broad SMARTS) is 1. The van der Waals surface area contributed by atoms with Crippen molar-refractivity contribution >= 4 is 5.97 Å². The highest BCUT2D eigenvalue weighted by atomic mass is 16.4. The SMILES string of the molecule is CC(C)([NH3+])C(C)(C)C(=O)O. The maximum Gasteiger partial charge on any atom is 0.315 e. The molecule has 0 aliphatic carbocycles. The summed E-state index contributed by atoms with van der Waals surface area (Å²) in [4.78, 5) is 10.6. The highest BCUT2D eigenvalue weighted by Gasteiger charge is 2.43. The second-order valence-electron chi connectivity index (χ2n) is 3.81. The third-order valence-electron chi connectivity index (χ3n) is 2.23. The van der Waals surface area contributed by atoms with E-state index in [2.05, 4.69) is 5.73 Å². The maximum atomic E-state index is 10.6. The van der Waals surface area contributed by atoms with E-state index in [1.807, 2.05) is 13.8 Å². The van der Waals surface area contributed by atoms with Gasteiger partial charge in [-0.1, -0.05) is 0 Å². The van der Waals surface area contributed by atoms with E-state index in [9.17, 15) is 4.79 Å². The van der Waals surface area contributed by atoms with Gasteiger partial charge >= 0.3 is 5.97 Å². The van der Waals surface area contributed by atoms with E-state index < -0.39 is 16.9 Å². The molecule has 0 spiro atoms. The number of hydrogen-bond donors (Lipinski definition) is 2. The second-order valence-corrected chi connectivity index (χ2v) is 3.81. The molecule has 3 nitrogen and oxygen atoms in total. The predicted molar refractivity (Wildman–Crippen MR) is 38.4 cm³/mol. The zero-order valence-electron chi connectivity index (χ0n) is 7.06. The average molecular weight is 146 g/mol. The smallest absolute Gasteiger partial charge is 0.315 e. The molecule has 0 atom stereocenters. The van der Waals surface area contributed by atoms with E-state index in [0.717, 1.165) is 0 Å². The molecular formula is C7H16NO2+. The number of quaternary nitrogens is 1. The molecule has 0 fully saturated rings. The molecule has 0 radical (unpaired) electrons. The van der Waals surface area contributed by atoms with Crippen molar-refractivity contribution in [1.29, 1.82) is 0 Å². The summed E-state index contributed by atoms with van der Waals surface area (Å²) in [6, 6.07) is 0. The van der Waals surface area contributed by atoms with E-state index in [1.54, 1.807) is 13.8 Å². The normalized spacial score (nSPS) is 13.3. The molecule has 0 aromatic carbocycles. The van der Waals surface area contributed by atoms with Crippen molar-refractivity contribution in [2.24, 2.45) is 5.41 Å². The number of carboxylic acids is 1. The van der Waals surface area contributed by atoms with Crippen LogP contribution in [-0.4, -0.2) is 16.6 Å². The van der Waals surface area contributed by atoms with E-state index in [1.165, 1.54) is 0 Å². The third kappa shape index (κ3) is 1.48. The molecule has 10 heavy (non-hydrogen) atoms. The lowest BCUT2D eigenvalue weighted by molar-refractivity contribution is -0.488. The Balaban J connectivity index is 4.57. The largest absolute Gasteiger partial charge is 0.481 e. The molecule has 3 heteroatoms. The zero-order valence-corrected chi connectivity index (χ0v) is 7.06. The summed E-state index contributed by atoms with van der Waals surface area (Å²) in [7, 11) is 0. The molecule has 0 saturated heterocycles. The first-order chi connectivity index (χ1) is 4.19. The van der Waals surface area contributed by atoms with Crippen LogP contribution in [-0.2, 0) is 4.79 Å². The van der Waals surface area contributed by atoms with Crippen LogP contribution in [0.4, 0.5) is 0 Å². The average Bonchev–Trinajstić information content (AvgIpc) is 1.62. The topological polar surface area (TPSA) is 64.9 Å². The number of hydrogen-bond acceptors (Lipinski definition) is 1. The monoisotopic (exact) mass is 146 g/mol. The lowest BCUT2D eigenvalue weighted by atomic mass is 9.75. The standard InChI is InChI=1S/C7H15NO2/c1-6(2,5(9)10)7(3,4)8/h8H2,1-4H3,(H,9,10)/p+1. The van der Waals surface area contributed by atoms with Crippen LogP contribution in [0.1, 0.15) is 27.7 Å². The summed E-state index contributed by atoms with van der Waals surface area (Å²) in [5.41, 5.74) is 2.59. The van der Waals surface area contributed by atoms with Crippen molar-refractivity contribution in [1.82, 2.24) is 0 Å². The van der Waals surface area contributed by atoms with Crippen LogP contribution in [0.2, 0.25) is 0 Å². The zero-order chi connectivity index (χ0) is 8.58. The van der Waals surface area contributed by atoms with Crippen LogP contribution >= 0.6 is 0 Å². The third-order valence-corrected chi connectivity index (χ3v) is 2.23. The van der Waals surface area contributed by atoms with Crippen LogP contribution in [0.3, 0.4) is 0 Å². The van der Waals surface area contributed by atoms with Crippen molar-refractivity contribution in [3.05, 3.63) is 0 Å². The minimum atomic E-state index is -0.799. The van der Waals surface area contributed by atoms with Gasteiger partial charge in [0.1, 0.15) is 11.0 Å². The van der Waals surface area contributed by atoms with Gasteiger partial charge in [0.25, 0.3) is 0 Å². The van der Waals surface area contributed by atoms with Crippen LogP contribution < -0.4 is 5.73 Å². The van der Waals surface area contributed by atoms with E-state index in [-0.39, 0.29) is 0 Å². The molecule has 0 bridgehead atoms. The Bertz CT molecular complexity index is 144. The van der Waals surface area contributed by atoms with Gasteiger partial charge in [0.05, 0.1) is 0 Å². The summed E-state index contributed by atoms with van der Waals surface area (Å²) < 4.78 is 0. The van der Waals surface area contributed by atoms with Gasteiger partial charge in [-0.05, 0) is 27.7 Å². The molecule has 0 aliphatic rings. The highest BCUT2D eigenvalue weighted by Crippen LogP contribution is 2.26. The molecular weight excluding hydrogens is 130 g/mol. The first-order valence-electron chi connectivity index (χ1n) is 3.28. The van der Waals surface area contributed by atoms with Crippen LogP contribution in [0, 0.1) is 5.41 Å². The van der Waals surface area contributed by atoms with E-state index in [0.29, 0.717) is 0 Å². The van der Waals surface area contributed by atoms with Gasteiger partial charge in [0.2, 0.25) is 0 Å². The second kappa shape index (κ2) is 2.23. The lowest BCUT2D eigenvalue weighted by Gasteiger charge is -2.30. The Morgan fingerprint density at radius 3 is 1.60 bits per heavy atom. The molecule has 0 aromatic rings. The van der Waals surface area contributed by atoms with Gasteiger partial charge in [-0.3, -0.25) is 4.79 Å². The van der Waals surface area contributed by atoms with Gasteiger partial charge in [0.15, 0.2) is 0 Å². The van der Waals surface area contributed by atoms with Crippen LogP contribution in [0.5, 0.6) is 0 Å². The summed E-state index contributed by atoms with van der Waals surface area (Å²) in [6.45, 7) is 7.01. The van der Waals surface area contributed by atoms with E-state index in [4.69, 9.17) is 5.11 Å². The summed E-state index contributed by atoms with van der Waals surface area (Å²) in [6.07, 6.45) is 0. The van der Waals surface area contributed by atoms with Gasteiger partial charge < -0.3 is 10.8 Å². The Morgan fingerprint density at radius 2 is 1.60 bits per heavy atom. The molecule has 0 heterocycles. The number of carbonyl (C=O) groups is 1. The van der Waals surface area contributed by atoms with Crippen molar-refractivity contribution in [2.45, 2.75) is 33.2 Å². The quantitative estimate of drug-likeness (QED) is 0.581. The first kappa shape index (κ1) is 9.43. The van der Waals surface area contributed by atoms with Crippen molar-refractivity contribution in [2.75, 3.05) is 0 Å². The molecule has 0 saturated carbocycles. The molecule has 0 rings (SSSR count). The number of aliphatic carboxylic acids is 1. The first-order valence-corrected chi connectivity index (χ1v) is 3.28. The highest BCUT2D eigenvalue weighted by molar-refractivity contribution is 5.75. The summed E-state index contributed by atoms with van der Waals surface area (Å²) in [5, 5.41) is 8.74. The molecule has 4 N–H and O–H groups in total. The minimum Gasteiger partial charge on any atom is -0.481 e. The molecule has 0 aliphatic heterocycles. The van der Waals surface area contributed by atoms with E-state index >= 15 is 0 Å². The van der Waals surface area contributed by atoms with Gasteiger partial charge in [-0.15, -0.1) is 0 Å². The van der Waals surface area contributed by atoms with Gasteiger partial charge in [0, 0.05) is 0 Å². The summed E-state index contributed by atoms with van der Waals surface area (Å²) in [5.74, 6) is -0.799. The lowest BCUT2D eigenvalue weighted by Crippen LogP contribution is -2.76. The fraction of sp³-hybridized carbons (Fsp3) is 0.857. The maximum absolute atomic E-state index is 10.6. The van der Waals surface area contributed by atoms with Gasteiger partial charge in [-0.2, -0.15) is 0 Å². The Labute approximate surface area is 61.2 Å². The summed E-state index contributed by atoms with van der Waals surface area (Å²) >= 11 is 0. The molecule has 0 amide bonds. The van der Waals surface area contributed by atoms with Crippen LogP contribution in [0.25, 0.3) is 0 Å².